The lowest BCUT2D eigenvalue weighted by Crippen LogP contribution is -2.44. The van der Waals surface area contributed by atoms with Crippen molar-refractivity contribution in [3.05, 3.63) is 62.7 Å². The van der Waals surface area contributed by atoms with Gasteiger partial charge in [0.1, 0.15) is 35.5 Å². The standard InChI is InChI=1S/C28H26ClF3N8O5/c1-37-2-4-38(5-3-37)17-9-16(21(29)25(32)35-17)34-19(41)11-39-10-15(13-8-14(26(33)43)24(42)23(31)22(13)30)20-27(39)36-18-12-45-7-6-40(18)28(20)44/h8-10,42H,2-7,11-12H2,1H3,(H2,33,43)(H,34,35,41). The van der Waals surface area contributed by atoms with Crippen LogP contribution in [0.4, 0.5) is 24.7 Å². The Hall–Kier alpha value is -4.67. The smallest absolute Gasteiger partial charge is 0.263 e. The lowest BCUT2D eigenvalue weighted by atomic mass is 10.0. The molecular formula is C28H26ClF3N8O5. The summed E-state index contributed by atoms with van der Waals surface area (Å²) in [7, 11) is 1.96. The zero-order valence-corrected chi connectivity index (χ0v) is 24.5. The Labute approximate surface area is 257 Å². The number of benzene rings is 1. The van der Waals surface area contributed by atoms with Crippen molar-refractivity contribution in [1.82, 2.24) is 24.0 Å². The molecule has 2 aliphatic rings. The summed E-state index contributed by atoms with van der Waals surface area (Å²) in [4.78, 5) is 51.2. The van der Waals surface area contributed by atoms with E-state index in [1.54, 1.807) is 0 Å². The van der Waals surface area contributed by atoms with Crippen LogP contribution in [0.5, 0.6) is 5.75 Å². The molecule has 0 radical (unpaired) electrons. The highest BCUT2D eigenvalue weighted by Crippen LogP contribution is 2.36. The summed E-state index contributed by atoms with van der Waals surface area (Å²) in [5.74, 6) is -7.01. The van der Waals surface area contributed by atoms with Gasteiger partial charge in [0.2, 0.25) is 17.7 Å². The van der Waals surface area contributed by atoms with Gasteiger partial charge in [-0.2, -0.15) is 8.78 Å². The number of nitrogens with two attached hydrogens (primary N) is 1. The first-order valence-electron chi connectivity index (χ1n) is 13.8. The Balaban J connectivity index is 1.42. The van der Waals surface area contributed by atoms with Crippen molar-refractivity contribution in [2.24, 2.45) is 5.73 Å². The zero-order valence-electron chi connectivity index (χ0n) is 23.7. The van der Waals surface area contributed by atoms with Gasteiger partial charge in [0, 0.05) is 49.6 Å². The van der Waals surface area contributed by atoms with Crippen LogP contribution in [-0.4, -0.2) is 80.8 Å². The molecule has 1 saturated heterocycles. The number of anilines is 2. The number of hydrogen-bond donors (Lipinski definition) is 3. The van der Waals surface area contributed by atoms with Crippen molar-refractivity contribution < 1.29 is 32.6 Å². The van der Waals surface area contributed by atoms with Crippen LogP contribution in [0.3, 0.4) is 0 Å². The molecule has 45 heavy (non-hydrogen) atoms. The molecule has 13 nitrogen and oxygen atoms in total. The van der Waals surface area contributed by atoms with Crippen molar-refractivity contribution in [3.63, 3.8) is 0 Å². The normalized spacial score (nSPS) is 15.4. The second-order valence-electron chi connectivity index (χ2n) is 10.7. The summed E-state index contributed by atoms with van der Waals surface area (Å²) < 4.78 is 52.6. The van der Waals surface area contributed by atoms with Crippen LogP contribution >= 0.6 is 11.6 Å². The number of hydrogen-bond acceptors (Lipinski definition) is 9. The SMILES string of the molecule is CN1CCN(c2cc(NC(=O)Cn3cc(-c4cc(C(N)=O)c(O)c(F)c4F)c4c(=O)n5c(nc43)COCC5)c(Cl)c(F)n2)CC1. The van der Waals surface area contributed by atoms with Gasteiger partial charge < -0.3 is 35.3 Å². The number of pyridine rings is 1. The van der Waals surface area contributed by atoms with E-state index in [1.165, 1.54) is 21.4 Å². The van der Waals surface area contributed by atoms with Gasteiger partial charge in [-0.1, -0.05) is 11.6 Å². The highest BCUT2D eigenvalue weighted by atomic mass is 35.5. The largest absolute Gasteiger partial charge is 0.504 e. The van der Waals surface area contributed by atoms with Crippen molar-refractivity contribution >= 4 is 46.0 Å². The Bertz CT molecular complexity index is 1940. The molecule has 2 amide bonds. The molecule has 1 aromatic carbocycles. The fraction of sp³-hybridized carbons (Fsp3) is 0.321. The molecule has 4 aromatic rings. The number of ether oxygens (including phenoxy) is 1. The van der Waals surface area contributed by atoms with E-state index in [9.17, 15) is 28.3 Å². The average Bonchev–Trinajstić information content (AvgIpc) is 3.36. The number of aromatic nitrogens is 4. The van der Waals surface area contributed by atoms with Gasteiger partial charge in [0.25, 0.3) is 11.5 Å². The average molecular weight is 647 g/mol. The molecule has 6 rings (SSSR count). The van der Waals surface area contributed by atoms with Crippen molar-refractivity contribution in [2.45, 2.75) is 19.7 Å². The maximum atomic E-state index is 15.3. The minimum absolute atomic E-state index is 0.0210. The number of nitrogens with one attached hydrogen (secondary N) is 1. The predicted molar refractivity (Wildman–Crippen MR) is 157 cm³/mol. The van der Waals surface area contributed by atoms with Gasteiger partial charge in [-0.3, -0.25) is 19.0 Å². The van der Waals surface area contributed by atoms with Crippen LogP contribution in [0.2, 0.25) is 5.02 Å². The van der Waals surface area contributed by atoms with Gasteiger partial charge in [-0.15, -0.1) is 0 Å². The third-order valence-corrected chi connectivity index (χ3v) is 8.16. The summed E-state index contributed by atoms with van der Waals surface area (Å²) >= 11 is 6.15. The molecule has 0 spiro atoms. The quantitative estimate of drug-likeness (QED) is 0.266. The minimum atomic E-state index is -1.75. The van der Waals surface area contributed by atoms with E-state index in [0.717, 1.165) is 19.2 Å². The predicted octanol–water partition coefficient (Wildman–Crippen LogP) is 2.06. The molecule has 17 heteroatoms. The van der Waals surface area contributed by atoms with Crippen LogP contribution in [-0.2, 0) is 29.2 Å². The van der Waals surface area contributed by atoms with Crippen LogP contribution in [0.1, 0.15) is 16.2 Å². The molecule has 5 heterocycles. The van der Waals surface area contributed by atoms with E-state index < -0.39 is 63.4 Å². The number of amides is 2. The highest BCUT2D eigenvalue weighted by molar-refractivity contribution is 6.33. The number of phenols is 1. The van der Waals surface area contributed by atoms with E-state index in [2.05, 4.69) is 20.2 Å². The number of fused-ring (bicyclic) bond motifs is 2. The van der Waals surface area contributed by atoms with Gasteiger partial charge in [0.15, 0.2) is 11.6 Å². The maximum absolute atomic E-state index is 15.3. The van der Waals surface area contributed by atoms with Gasteiger partial charge in [-0.25, -0.2) is 14.4 Å². The van der Waals surface area contributed by atoms with E-state index in [0.29, 0.717) is 13.1 Å². The van der Waals surface area contributed by atoms with Crippen LogP contribution < -0.4 is 21.5 Å². The summed E-state index contributed by atoms with van der Waals surface area (Å²) in [6.07, 6.45) is 1.19. The maximum Gasteiger partial charge on any atom is 0.263 e. The second-order valence-corrected chi connectivity index (χ2v) is 11.1. The highest BCUT2D eigenvalue weighted by Gasteiger charge is 2.28. The first kappa shape index (κ1) is 30.4. The van der Waals surface area contributed by atoms with E-state index in [1.807, 2.05) is 11.9 Å². The molecule has 236 valence electrons. The number of rotatable bonds is 6. The number of nitrogens with zero attached hydrogens (tertiary/aromatic N) is 6. The monoisotopic (exact) mass is 646 g/mol. The Kier molecular flexibility index (Phi) is 7.88. The van der Waals surface area contributed by atoms with Crippen LogP contribution in [0.25, 0.3) is 22.2 Å². The minimum Gasteiger partial charge on any atom is -0.504 e. The van der Waals surface area contributed by atoms with Gasteiger partial charge in [0.05, 0.1) is 29.8 Å². The molecule has 0 aliphatic carbocycles. The molecule has 0 saturated carbocycles. The topological polar surface area (TPSA) is 161 Å². The van der Waals surface area contributed by atoms with Crippen molar-refractivity contribution in [3.8, 4) is 16.9 Å². The summed E-state index contributed by atoms with van der Waals surface area (Å²) in [6, 6.07) is 2.27. The lowest BCUT2D eigenvalue weighted by molar-refractivity contribution is -0.116. The number of aromatic hydroxyl groups is 1. The summed E-state index contributed by atoms with van der Waals surface area (Å²) in [5.41, 5.74) is 3.03. The van der Waals surface area contributed by atoms with Crippen LogP contribution in [0.15, 0.2) is 23.1 Å². The molecule has 2 aliphatic heterocycles. The second kappa shape index (κ2) is 11.7. The van der Waals surface area contributed by atoms with Crippen LogP contribution in [0, 0.1) is 17.6 Å². The summed E-state index contributed by atoms with van der Waals surface area (Å²) in [6.45, 7) is 2.40. The molecule has 0 bridgehead atoms. The number of likely N-dealkylation sites (N-methyl/N-ethyl adjacent to an activating group) is 1. The van der Waals surface area contributed by atoms with Gasteiger partial charge >= 0.3 is 0 Å². The number of piperazine rings is 1. The number of primary amides is 1. The first-order valence-corrected chi connectivity index (χ1v) is 14.1. The Morgan fingerprint density at radius 1 is 1.09 bits per heavy atom. The van der Waals surface area contributed by atoms with Crippen molar-refractivity contribution in [1.29, 1.82) is 0 Å². The third-order valence-electron chi connectivity index (χ3n) is 7.80. The molecule has 0 atom stereocenters. The lowest BCUT2D eigenvalue weighted by Gasteiger charge is -2.33. The van der Waals surface area contributed by atoms with Gasteiger partial charge in [-0.05, 0) is 13.1 Å². The molecule has 0 unspecified atom stereocenters. The van der Waals surface area contributed by atoms with E-state index in [-0.39, 0.29) is 53.7 Å². The fourth-order valence-electron chi connectivity index (χ4n) is 5.41. The van der Waals surface area contributed by atoms with Crippen molar-refractivity contribution in [2.75, 3.05) is 50.1 Å². The zero-order chi connectivity index (χ0) is 32.2. The molecule has 1 fully saturated rings. The molecule has 4 N–H and O–H groups in total. The Morgan fingerprint density at radius 2 is 1.82 bits per heavy atom. The number of carbonyl (C=O) groups is 2. The summed E-state index contributed by atoms with van der Waals surface area (Å²) in [5, 5.41) is 11.9. The fourth-order valence-corrected chi connectivity index (χ4v) is 5.56. The number of carbonyl (C=O) groups excluding carboxylic acids is 2. The number of halogens is 4. The molecule has 3 aromatic heterocycles. The third kappa shape index (κ3) is 5.44. The Morgan fingerprint density at radius 3 is 2.53 bits per heavy atom. The molecular weight excluding hydrogens is 621 g/mol. The first-order chi connectivity index (χ1) is 21.4. The van der Waals surface area contributed by atoms with E-state index >= 15 is 4.39 Å². The van der Waals surface area contributed by atoms with E-state index in [4.69, 9.17) is 22.1 Å².